The minimum absolute atomic E-state index is 0.00962. The van der Waals surface area contributed by atoms with Crippen molar-refractivity contribution < 1.29 is 23.1 Å². The lowest BCUT2D eigenvalue weighted by atomic mass is 9.77. The Bertz CT molecular complexity index is 1450. The maximum Gasteiger partial charge on any atom is 0.251 e. The van der Waals surface area contributed by atoms with Crippen molar-refractivity contribution >= 4 is 11.6 Å². The summed E-state index contributed by atoms with van der Waals surface area (Å²) in [5, 5.41) is 16.4. The van der Waals surface area contributed by atoms with Crippen molar-refractivity contribution in [3.05, 3.63) is 65.5 Å². The Kier molecular flexibility index (Phi) is 5.01. The zero-order chi connectivity index (χ0) is 24.4. The summed E-state index contributed by atoms with van der Waals surface area (Å²) in [6.45, 7) is 3.43. The average molecular weight is 469 g/mol. The molecule has 1 aliphatic rings. The molecule has 0 saturated heterocycles. The minimum Gasteiger partial charge on any atom is -0.390 e. The monoisotopic (exact) mass is 469 g/mol. The maximum atomic E-state index is 15.1. The topological polar surface area (TPSA) is 84.5 Å². The van der Waals surface area contributed by atoms with E-state index in [4.69, 9.17) is 0 Å². The molecule has 10 heteroatoms. The van der Waals surface area contributed by atoms with Gasteiger partial charge in [0, 0.05) is 53.9 Å². The van der Waals surface area contributed by atoms with Gasteiger partial charge in [-0.1, -0.05) is 0 Å². The fraction of sp³-hybridized carbons (Fsp3) is 0.292. The SMILES string of the molecule is Cc1c(-c2c(F)cc(F)cc2-c2cn(C)nc2F)nc2cc(C(=O)NC3CC(C)(O)C3)ccn12. The second-order valence-corrected chi connectivity index (χ2v) is 9.08. The van der Waals surface area contributed by atoms with Gasteiger partial charge in [0.25, 0.3) is 5.91 Å². The van der Waals surface area contributed by atoms with Gasteiger partial charge in [-0.15, -0.1) is 5.10 Å². The van der Waals surface area contributed by atoms with E-state index in [0.29, 0.717) is 29.7 Å². The summed E-state index contributed by atoms with van der Waals surface area (Å²) in [6, 6.07) is 4.84. The van der Waals surface area contributed by atoms with E-state index < -0.39 is 23.2 Å². The van der Waals surface area contributed by atoms with Gasteiger partial charge in [0.2, 0.25) is 5.95 Å². The van der Waals surface area contributed by atoms with Gasteiger partial charge in [-0.3, -0.25) is 9.48 Å². The van der Waals surface area contributed by atoms with Crippen LogP contribution in [0.2, 0.25) is 0 Å². The Hall–Kier alpha value is -3.66. The number of nitrogens with one attached hydrogen (secondary N) is 1. The van der Waals surface area contributed by atoms with Crippen molar-refractivity contribution in [1.82, 2.24) is 24.5 Å². The molecule has 34 heavy (non-hydrogen) atoms. The number of halogens is 3. The number of pyridine rings is 1. The van der Waals surface area contributed by atoms with Crippen LogP contribution in [0, 0.1) is 24.5 Å². The van der Waals surface area contributed by atoms with E-state index in [9.17, 15) is 18.7 Å². The lowest BCUT2D eigenvalue weighted by Gasteiger charge is -2.41. The molecule has 0 bridgehead atoms. The number of imidazole rings is 1. The number of carbonyl (C=O) groups excluding carboxylic acids is 1. The number of aliphatic hydroxyl groups is 1. The van der Waals surface area contributed by atoms with Gasteiger partial charge in [0.15, 0.2) is 0 Å². The van der Waals surface area contributed by atoms with Crippen molar-refractivity contribution in [2.75, 3.05) is 0 Å². The van der Waals surface area contributed by atoms with Crippen LogP contribution in [0.4, 0.5) is 13.2 Å². The van der Waals surface area contributed by atoms with Gasteiger partial charge in [-0.25, -0.2) is 13.8 Å². The van der Waals surface area contributed by atoms with Crippen molar-refractivity contribution in [3.63, 3.8) is 0 Å². The van der Waals surface area contributed by atoms with Crippen LogP contribution in [0.3, 0.4) is 0 Å². The summed E-state index contributed by atoms with van der Waals surface area (Å²) >= 11 is 0. The van der Waals surface area contributed by atoms with Crippen molar-refractivity contribution in [2.24, 2.45) is 7.05 Å². The first-order chi connectivity index (χ1) is 16.0. The lowest BCUT2D eigenvalue weighted by molar-refractivity contribution is -0.0366. The quantitative estimate of drug-likeness (QED) is 0.477. The molecule has 0 aliphatic heterocycles. The van der Waals surface area contributed by atoms with Crippen LogP contribution in [-0.2, 0) is 7.05 Å². The van der Waals surface area contributed by atoms with E-state index in [2.05, 4.69) is 15.4 Å². The molecule has 1 aliphatic carbocycles. The molecule has 4 aromatic rings. The average Bonchev–Trinajstić information content (AvgIpc) is 3.24. The number of hydrogen-bond acceptors (Lipinski definition) is 4. The van der Waals surface area contributed by atoms with E-state index in [0.717, 1.165) is 12.1 Å². The summed E-state index contributed by atoms with van der Waals surface area (Å²) in [4.78, 5) is 17.2. The van der Waals surface area contributed by atoms with Crippen LogP contribution in [-0.4, -0.2) is 41.8 Å². The molecule has 1 saturated carbocycles. The lowest BCUT2D eigenvalue weighted by Crippen LogP contribution is -2.53. The second kappa shape index (κ2) is 7.69. The summed E-state index contributed by atoms with van der Waals surface area (Å²) in [5.41, 5.74) is 0.583. The van der Waals surface area contributed by atoms with Gasteiger partial charge in [-0.05, 0) is 44.9 Å². The number of hydrogen-bond donors (Lipinski definition) is 2. The van der Waals surface area contributed by atoms with E-state index in [1.807, 2.05) is 0 Å². The summed E-state index contributed by atoms with van der Waals surface area (Å²) in [6.07, 6.45) is 3.94. The fourth-order valence-corrected chi connectivity index (χ4v) is 4.59. The van der Waals surface area contributed by atoms with Crippen LogP contribution in [0.25, 0.3) is 28.0 Å². The molecule has 0 unspecified atom stereocenters. The fourth-order valence-electron chi connectivity index (χ4n) is 4.59. The van der Waals surface area contributed by atoms with Crippen LogP contribution in [0.1, 0.15) is 35.8 Å². The van der Waals surface area contributed by atoms with Gasteiger partial charge in [0.1, 0.15) is 17.3 Å². The molecule has 1 amide bonds. The van der Waals surface area contributed by atoms with Crippen molar-refractivity contribution in [3.8, 4) is 22.4 Å². The third-order valence-corrected chi connectivity index (χ3v) is 6.20. The van der Waals surface area contributed by atoms with Crippen LogP contribution < -0.4 is 5.32 Å². The number of benzene rings is 1. The maximum absolute atomic E-state index is 15.1. The third-order valence-electron chi connectivity index (χ3n) is 6.20. The van der Waals surface area contributed by atoms with Gasteiger partial charge in [-0.2, -0.15) is 4.39 Å². The normalized spacial score (nSPS) is 19.9. The molecule has 0 radical (unpaired) electrons. The molecule has 3 heterocycles. The minimum atomic E-state index is -0.889. The van der Waals surface area contributed by atoms with E-state index in [1.165, 1.54) is 17.9 Å². The predicted molar refractivity (Wildman–Crippen MR) is 119 cm³/mol. The molecule has 7 nitrogen and oxygen atoms in total. The molecule has 1 fully saturated rings. The standard InChI is InChI=1S/C24H22F3N5O2/c1-12-21(20-16(7-14(25)8-18(20)26)17-11-31(3)30-22(17)27)29-19-6-13(4-5-32(12)19)23(33)28-15-9-24(2,34)10-15/h4-8,11,15,34H,9-10H2,1-3H3,(H,28,33). The molecule has 3 aromatic heterocycles. The summed E-state index contributed by atoms with van der Waals surface area (Å²) in [7, 11) is 1.51. The van der Waals surface area contributed by atoms with Crippen LogP contribution in [0.5, 0.6) is 0 Å². The largest absolute Gasteiger partial charge is 0.390 e. The van der Waals surface area contributed by atoms with Crippen molar-refractivity contribution in [2.45, 2.75) is 38.3 Å². The highest BCUT2D eigenvalue weighted by Gasteiger charge is 2.39. The van der Waals surface area contributed by atoms with Crippen molar-refractivity contribution in [1.29, 1.82) is 0 Å². The van der Waals surface area contributed by atoms with E-state index >= 15 is 4.39 Å². The summed E-state index contributed by atoms with van der Waals surface area (Å²) in [5.74, 6) is -2.91. The highest BCUT2D eigenvalue weighted by atomic mass is 19.1. The number of fused-ring (bicyclic) bond motifs is 1. The molecule has 0 atom stereocenters. The summed E-state index contributed by atoms with van der Waals surface area (Å²) < 4.78 is 46.5. The molecular weight excluding hydrogens is 447 g/mol. The Balaban J connectivity index is 1.57. The molecule has 5 rings (SSSR count). The van der Waals surface area contributed by atoms with Gasteiger partial charge < -0.3 is 14.8 Å². The molecule has 0 spiro atoms. The Morgan fingerprint density at radius 3 is 2.59 bits per heavy atom. The van der Waals surface area contributed by atoms with Crippen LogP contribution >= 0.6 is 0 Å². The van der Waals surface area contributed by atoms with Crippen LogP contribution in [0.15, 0.2) is 36.7 Å². The first-order valence-electron chi connectivity index (χ1n) is 10.7. The number of amides is 1. The predicted octanol–water partition coefficient (Wildman–Crippen LogP) is 3.77. The Morgan fingerprint density at radius 1 is 1.21 bits per heavy atom. The number of rotatable bonds is 4. The smallest absolute Gasteiger partial charge is 0.251 e. The highest BCUT2D eigenvalue weighted by Crippen LogP contribution is 2.37. The third kappa shape index (κ3) is 3.73. The van der Waals surface area contributed by atoms with E-state index in [-0.39, 0.29) is 34.3 Å². The first-order valence-corrected chi connectivity index (χ1v) is 10.7. The Morgan fingerprint density at radius 2 is 1.94 bits per heavy atom. The zero-order valence-electron chi connectivity index (χ0n) is 18.7. The number of nitrogens with zero attached hydrogens (tertiary/aromatic N) is 4. The number of aromatic nitrogens is 4. The molecule has 2 N–H and O–H groups in total. The van der Waals surface area contributed by atoms with E-state index in [1.54, 1.807) is 36.6 Å². The number of carbonyl (C=O) groups is 1. The molecular formula is C24H22F3N5O2. The highest BCUT2D eigenvalue weighted by molar-refractivity contribution is 5.95. The van der Waals surface area contributed by atoms with Gasteiger partial charge >= 0.3 is 0 Å². The second-order valence-electron chi connectivity index (χ2n) is 9.08. The molecule has 176 valence electrons. The first kappa shape index (κ1) is 22.1. The molecule has 1 aromatic carbocycles. The zero-order valence-corrected chi connectivity index (χ0v) is 18.7. The number of aryl methyl sites for hydroxylation is 2. The van der Waals surface area contributed by atoms with Gasteiger partial charge in [0.05, 0.1) is 16.9 Å². The Labute approximate surface area is 192 Å².